The first-order valence-electron chi connectivity index (χ1n) is 7.27. The van der Waals surface area contributed by atoms with Crippen LogP contribution in [-0.4, -0.2) is 58.5 Å². The maximum Gasteiger partial charge on any atom is 0.0795 e. The molecule has 0 aromatic rings. The molecule has 0 aliphatic carbocycles. The second-order valence-electron chi connectivity index (χ2n) is 6.55. The van der Waals surface area contributed by atoms with Crippen LogP contribution in [0.5, 0.6) is 0 Å². The van der Waals surface area contributed by atoms with Crippen LogP contribution in [0, 0.1) is 0 Å². The monoisotopic (exact) mass is 271 g/mol. The Balaban J connectivity index is 1.65. The number of hydrogen-bond donors (Lipinski definition) is 1. The van der Waals surface area contributed by atoms with Crippen molar-refractivity contribution in [1.82, 2.24) is 4.90 Å². The molecular weight excluding hydrogens is 246 g/mol. The molecule has 4 heteroatoms. The summed E-state index contributed by atoms with van der Waals surface area (Å²) in [5, 5.41) is 10.3. The zero-order valence-electron chi connectivity index (χ0n) is 11.4. The number of thioether (sulfide) groups is 1. The van der Waals surface area contributed by atoms with Gasteiger partial charge in [-0.1, -0.05) is 0 Å². The Morgan fingerprint density at radius 3 is 3.00 bits per heavy atom. The Labute approximate surface area is 114 Å². The molecule has 0 aromatic carbocycles. The quantitative estimate of drug-likeness (QED) is 0.789. The highest BCUT2D eigenvalue weighted by Crippen LogP contribution is 2.40. The number of nitrogens with zero attached hydrogens (tertiary/aromatic N) is 1. The predicted octanol–water partition coefficient (Wildman–Crippen LogP) is 1.89. The van der Waals surface area contributed by atoms with Crippen molar-refractivity contribution in [2.75, 3.05) is 31.2 Å². The van der Waals surface area contributed by atoms with Crippen molar-refractivity contribution >= 4 is 11.8 Å². The van der Waals surface area contributed by atoms with Crippen molar-refractivity contribution in [3.8, 4) is 0 Å². The van der Waals surface area contributed by atoms with Gasteiger partial charge < -0.3 is 9.84 Å². The van der Waals surface area contributed by atoms with Crippen LogP contribution in [0.4, 0.5) is 0 Å². The zero-order valence-corrected chi connectivity index (χ0v) is 12.2. The molecule has 1 N–H and O–H groups in total. The molecule has 3 aliphatic rings. The van der Waals surface area contributed by atoms with Gasteiger partial charge in [-0.2, -0.15) is 11.8 Å². The average Bonchev–Trinajstić information content (AvgIpc) is 2.76. The standard InChI is InChI=1S/C14H25NO2S/c1-13(16)4-2-6-15(10-13)12-3-7-17-14(9-12)5-8-18-11-14/h12,16H,2-11H2,1H3. The number of rotatable bonds is 1. The second-order valence-corrected chi connectivity index (χ2v) is 7.66. The normalized spacial score (nSPS) is 46.7. The topological polar surface area (TPSA) is 32.7 Å². The molecule has 3 fully saturated rings. The average molecular weight is 271 g/mol. The van der Waals surface area contributed by atoms with Gasteiger partial charge in [-0.15, -0.1) is 0 Å². The van der Waals surface area contributed by atoms with Crippen molar-refractivity contribution in [1.29, 1.82) is 0 Å². The van der Waals surface area contributed by atoms with E-state index < -0.39 is 5.60 Å². The SMILES string of the molecule is CC1(O)CCCN(C2CCOC3(CCSC3)C2)C1. The lowest BCUT2D eigenvalue weighted by Crippen LogP contribution is -2.55. The molecule has 3 atom stereocenters. The molecule has 1 spiro atoms. The number of aliphatic hydroxyl groups is 1. The first-order valence-corrected chi connectivity index (χ1v) is 8.42. The highest BCUT2D eigenvalue weighted by molar-refractivity contribution is 7.99. The van der Waals surface area contributed by atoms with Crippen LogP contribution in [0.25, 0.3) is 0 Å². The molecule has 3 unspecified atom stereocenters. The summed E-state index contributed by atoms with van der Waals surface area (Å²) in [5.41, 5.74) is -0.314. The van der Waals surface area contributed by atoms with Gasteiger partial charge in [0.25, 0.3) is 0 Å². The summed E-state index contributed by atoms with van der Waals surface area (Å²) in [6.45, 7) is 4.90. The Kier molecular flexibility index (Phi) is 3.65. The molecule has 0 saturated carbocycles. The van der Waals surface area contributed by atoms with Gasteiger partial charge in [-0.05, 0) is 51.3 Å². The van der Waals surface area contributed by atoms with E-state index in [1.807, 2.05) is 18.7 Å². The maximum absolute atomic E-state index is 10.3. The van der Waals surface area contributed by atoms with Crippen LogP contribution < -0.4 is 0 Å². The summed E-state index contributed by atoms with van der Waals surface area (Å²) >= 11 is 2.04. The Morgan fingerprint density at radius 2 is 2.28 bits per heavy atom. The Hall–Kier alpha value is 0.230. The first-order chi connectivity index (χ1) is 8.59. The molecule has 3 rings (SSSR count). The first kappa shape index (κ1) is 13.2. The lowest BCUT2D eigenvalue weighted by atomic mass is 9.86. The molecule has 0 aromatic heterocycles. The minimum atomic E-state index is -0.478. The van der Waals surface area contributed by atoms with Gasteiger partial charge in [0, 0.05) is 24.9 Å². The van der Waals surface area contributed by atoms with Crippen LogP contribution in [0.2, 0.25) is 0 Å². The van der Waals surface area contributed by atoms with Crippen molar-refractivity contribution in [2.45, 2.75) is 56.3 Å². The zero-order chi connectivity index (χ0) is 12.6. The van der Waals surface area contributed by atoms with E-state index in [1.165, 1.54) is 24.3 Å². The van der Waals surface area contributed by atoms with E-state index in [4.69, 9.17) is 4.74 Å². The number of β-amino-alcohol motifs (C(OH)–C–C–N with tert-alkyl or cyclic N) is 1. The summed E-state index contributed by atoms with van der Waals surface area (Å²) in [7, 11) is 0. The van der Waals surface area contributed by atoms with E-state index in [-0.39, 0.29) is 5.60 Å². The van der Waals surface area contributed by atoms with Gasteiger partial charge in [-0.25, -0.2) is 0 Å². The van der Waals surface area contributed by atoms with Gasteiger partial charge in [0.15, 0.2) is 0 Å². The van der Waals surface area contributed by atoms with Crippen molar-refractivity contribution in [3.63, 3.8) is 0 Å². The summed E-state index contributed by atoms with van der Waals surface area (Å²) < 4.78 is 6.09. The third-order valence-corrected chi connectivity index (χ3v) is 5.98. The highest BCUT2D eigenvalue weighted by Gasteiger charge is 2.43. The van der Waals surface area contributed by atoms with Crippen molar-refractivity contribution in [2.24, 2.45) is 0 Å². The van der Waals surface area contributed by atoms with E-state index in [0.717, 1.165) is 39.0 Å². The second kappa shape index (κ2) is 4.97. The minimum absolute atomic E-state index is 0.164. The maximum atomic E-state index is 10.3. The van der Waals surface area contributed by atoms with E-state index in [2.05, 4.69) is 4.90 Å². The van der Waals surface area contributed by atoms with E-state index in [0.29, 0.717) is 6.04 Å². The van der Waals surface area contributed by atoms with Gasteiger partial charge in [0.05, 0.1) is 11.2 Å². The molecule has 0 bridgehead atoms. The molecule has 3 saturated heterocycles. The smallest absolute Gasteiger partial charge is 0.0795 e. The molecule has 18 heavy (non-hydrogen) atoms. The number of ether oxygens (including phenoxy) is 1. The van der Waals surface area contributed by atoms with Crippen LogP contribution in [0.15, 0.2) is 0 Å². The van der Waals surface area contributed by atoms with Gasteiger partial charge in [0.1, 0.15) is 0 Å². The summed E-state index contributed by atoms with van der Waals surface area (Å²) in [6.07, 6.45) is 5.62. The molecule has 3 heterocycles. The minimum Gasteiger partial charge on any atom is -0.389 e. The van der Waals surface area contributed by atoms with Gasteiger partial charge in [-0.3, -0.25) is 4.90 Å². The lowest BCUT2D eigenvalue weighted by molar-refractivity contribution is -0.108. The fourth-order valence-electron chi connectivity index (χ4n) is 3.75. The molecular formula is C14H25NO2S. The van der Waals surface area contributed by atoms with Crippen molar-refractivity contribution < 1.29 is 9.84 Å². The summed E-state index contributed by atoms with van der Waals surface area (Å²) in [5.74, 6) is 2.43. The Bertz CT molecular complexity index is 302. The fraction of sp³-hybridized carbons (Fsp3) is 1.00. The van der Waals surface area contributed by atoms with Gasteiger partial charge >= 0.3 is 0 Å². The van der Waals surface area contributed by atoms with E-state index in [9.17, 15) is 5.11 Å². The predicted molar refractivity (Wildman–Crippen MR) is 75.1 cm³/mol. The van der Waals surface area contributed by atoms with Crippen LogP contribution in [-0.2, 0) is 4.74 Å². The van der Waals surface area contributed by atoms with Crippen LogP contribution >= 0.6 is 11.8 Å². The number of likely N-dealkylation sites (tertiary alicyclic amines) is 1. The Morgan fingerprint density at radius 1 is 1.39 bits per heavy atom. The molecule has 104 valence electrons. The summed E-state index contributed by atoms with van der Waals surface area (Å²) in [4.78, 5) is 2.52. The van der Waals surface area contributed by atoms with E-state index >= 15 is 0 Å². The highest BCUT2D eigenvalue weighted by atomic mass is 32.2. The molecule has 3 nitrogen and oxygen atoms in total. The van der Waals surface area contributed by atoms with E-state index in [1.54, 1.807) is 0 Å². The fourth-order valence-corrected chi connectivity index (χ4v) is 5.13. The summed E-state index contributed by atoms with van der Waals surface area (Å²) in [6, 6.07) is 0.629. The van der Waals surface area contributed by atoms with Gasteiger partial charge in [0.2, 0.25) is 0 Å². The molecule has 0 amide bonds. The lowest BCUT2D eigenvalue weighted by Gasteiger charge is -2.46. The third kappa shape index (κ3) is 2.72. The molecule has 0 radical (unpaired) electrons. The third-order valence-electron chi connectivity index (χ3n) is 4.75. The number of hydrogen-bond acceptors (Lipinski definition) is 4. The molecule has 3 aliphatic heterocycles. The van der Waals surface area contributed by atoms with Crippen molar-refractivity contribution in [3.05, 3.63) is 0 Å². The van der Waals surface area contributed by atoms with Crippen LogP contribution in [0.3, 0.4) is 0 Å². The number of piperidine rings is 1. The van der Waals surface area contributed by atoms with Crippen LogP contribution in [0.1, 0.15) is 39.0 Å². The largest absolute Gasteiger partial charge is 0.389 e.